The summed E-state index contributed by atoms with van der Waals surface area (Å²) in [5, 5.41) is 22.8. The molecule has 2 N–H and O–H groups in total. The molecule has 45 heavy (non-hydrogen) atoms. The van der Waals surface area contributed by atoms with Gasteiger partial charge in [0.15, 0.2) is 0 Å². The number of fused-ring (bicyclic) bond motifs is 1. The molecule has 1 atom stereocenters. The average molecular weight is 610 g/mol. The molecule has 2 aromatic carbocycles. The van der Waals surface area contributed by atoms with E-state index in [1.165, 1.54) is 24.0 Å². The van der Waals surface area contributed by atoms with Gasteiger partial charge in [0.1, 0.15) is 17.3 Å². The van der Waals surface area contributed by atoms with Gasteiger partial charge in [-0.05, 0) is 72.8 Å². The van der Waals surface area contributed by atoms with Crippen LogP contribution in [-0.2, 0) is 19.1 Å². The van der Waals surface area contributed by atoms with Crippen LogP contribution in [0.15, 0.2) is 70.5 Å². The van der Waals surface area contributed by atoms with Gasteiger partial charge in [-0.25, -0.2) is 14.1 Å². The highest BCUT2D eigenvalue weighted by Gasteiger charge is 2.23. The largest absolute Gasteiger partial charge is 0.392 e. The fraction of sp³-hybridized carbons (Fsp3) is 0.324. The number of aliphatic hydroxyl groups excluding tert-OH is 1. The smallest absolute Gasteiger partial charge is 0.290 e. The summed E-state index contributed by atoms with van der Waals surface area (Å²) in [5.74, 6) is 0.315. The average Bonchev–Trinajstić information content (AvgIpc) is 3.45. The van der Waals surface area contributed by atoms with Crippen LogP contribution in [0.25, 0.3) is 27.7 Å². The normalized spacial score (nSPS) is 15.6. The van der Waals surface area contributed by atoms with Crippen molar-refractivity contribution >= 4 is 22.3 Å². The fourth-order valence-electron chi connectivity index (χ4n) is 5.91. The van der Waals surface area contributed by atoms with Crippen molar-refractivity contribution in [2.45, 2.75) is 45.1 Å². The Morgan fingerprint density at radius 3 is 2.51 bits per heavy atom. The van der Waals surface area contributed by atoms with Gasteiger partial charge in [0.25, 0.3) is 11.1 Å². The Bertz CT molecular complexity index is 2030. The Kier molecular flexibility index (Phi) is 7.84. The molecule has 5 aromatic rings. The number of hydrogen-bond acceptors (Lipinski definition) is 8. The number of pyridine rings is 1. The summed E-state index contributed by atoms with van der Waals surface area (Å²) >= 11 is 0. The topological polar surface area (TPSA) is 118 Å². The molecule has 232 valence electrons. The Morgan fingerprint density at radius 2 is 1.84 bits per heavy atom. The van der Waals surface area contributed by atoms with Crippen LogP contribution in [0.3, 0.4) is 0 Å². The van der Waals surface area contributed by atoms with Crippen molar-refractivity contribution in [3.05, 3.63) is 104 Å². The summed E-state index contributed by atoms with van der Waals surface area (Å²) < 4.78 is 17.6. The minimum atomic E-state index is -0.646. The molecule has 0 amide bonds. The van der Waals surface area contributed by atoms with Crippen molar-refractivity contribution in [3.8, 4) is 16.9 Å². The first-order valence-electron chi connectivity index (χ1n) is 14.9. The second-order valence-corrected chi connectivity index (χ2v) is 12.7. The predicted octanol–water partition coefficient (Wildman–Crippen LogP) is 4.63. The zero-order chi connectivity index (χ0) is 32.0. The maximum absolute atomic E-state index is 15.3. The monoisotopic (exact) mass is 609 g/mol. The molecular weight excluding hydrogens is 573 g/mol. The molecular formula is C34H36FN7O3. The van der Waals surface area contributed by atoms with Gasteiger partial charge in [-0.3, -0.25) is 9.59 Å². The van der Waals surface area contributed by atoms with Gasteiger partial charge in [0.2, 0.25) is 0 Å². The Labute approximate surface area is 259 Å². The molecule has 10 nitrogen and oxygen atoms in total. The molecule has 0 spiro atoms. The molecule has 3 aromatic heterocycles. The van der Waals surface area contributed by atoms with E-state index in [0.29, 0.717) is 33.9 Å². The van der Waals surface area contributed by atoms with Gasteiger partial charge < -0.3 is 15.3 Å². The lowest BCUT2D eigenvalue weighted by Crippen LogP contribution is -2.24. The molecule has 0 bridgehead atoms. The molecule has 0 unspecified atom stereocenters. The Morgan fingerprint density at radius 1 is 1.04 bits per heavy atom. The summed E-state index contributed by atoms with van der Waals surface area (Å²) in [4.78, 5) is 33.5. The van der Waals surface area contributed by atoms with Crippen molar-refractivity contribution in [2.24, 2.45) is 7.05 Å². The third kappa shape index (κ3) is 5.76. The number of anilines is 2. The van der Waals surface area contributed by atoms with Gasteiger partial charge in [-0.15, -0.1) is 0 Å². The maximum Gasteiger partial charge on any atom is 0.290 e. The number of nitrogens with zero attached hydrogens (tertiary/aromatic N) is 6. The first-order chi connectivity index (χ1) is 21.4. The lowest BCUT2D eigenvalue weighted by atomic mass is 9.86. The van der Waals surface area contributed by atoms with E-state index in [1.54, 1.807) is 30.3 Å². The maximum atomic E-state index is 15.3. The molecule has 1 aliphatic heterocycles. The van der Waals surface area contributed by atoms with Crippen molar-refractivity contribution in [3.63, 3.8) is 0 Å². The lowest BCUT2D eigenvalue weighted by molar-refractivity contribution is 0.281. The summed E-state index contributed by atoms with van der Waals surface area (Å²) in [7, 11) is 3.65. The van der Waals surface area contributed by atoms with Gasteiger partial charge in [0, 0.05) is 36.3 Å². The summed E-state index contributed by atoms with van der Waals surface area (Å²) in [5.41, 5.74) is 2.33. The van der Waals surface area contributed by atoms with Gasteiger partial charge in [0.05, 0.1) is 29.6 Å². The number of rotatable bonds is 6. The molecule has 6 rings (SSSR count). The molecule has 0 radical (unpaired) electrons. The lowest BCUT2D eigenvalue weighted by Gasteiger charge is -2.20. The van der Waals surface area contributed by atoms with E-state index in [2.05, 4.69) is 32.4 Å². The highest BCUT2D eigenvalue weighted by atomic mass is 19.1. The van der Waals surface area contributed by atoms with Crippen molar-refractivity contribution in [1.29, 1.82) is 0 Å². The van der Waals surface area contributed by atoms with Crippen LogP contribution in [0, 0.1) is 5.82 Å². The van der Waals surface area contributed by atoms with Crippen LogP contribution in [0.2, 0.25) is 0 Å². The third-order valence-electron chi connectivity index (χ3n) is 8.49. The van der Waals surface area contributed by atoms with E-state index in [9.17, 15) is 14.7 Å². The standard InChI is InChI=1S/C34H36FN7O3/c1-34(2,3)23-13-22-17-37-42(33(45)31(22)26(35)14-23)29-8-6-7-24(25(29)19-43)27-15-28(32(44)41(5)39-27)38-30-10-9-20(16-36-30)21-11-12-40(4)18-21/h6-10,13-17,21,43H,11-12,18-19H2,1-5H3,(H,36,38)/t21-/m1/s1. The van der Waals surface area contributed by atoms with Crippen LogP contribution in [-0.4, -0.2) is 54.7 Å². The zero-order valence-electron chi connectivity index (χ0n) is 26.0. The third-order valence-corrected chi connectivity index (χ3v) is 8.49. The van der Waals surface area contributed by atoms with Crippen LogP contribution in [0.4, 0.5) is 15.9 Å². The van der Waals surface area contributed by atoms with Crippen LogP contribution >= 0.6 is 0 Å². The van der Waals surface area contributed by atoms with Crippen LogP contribution in [0.5, 0.6) is 0 Å². The summed E-state index contributed by atoms with van der Waals surface area (Å²) in [6.45, 7) is 7.49. The van der Waals surface area contributed by atoms with E-state index in [-0.39, 0.29) is 27.7 Å². The fourth-order valence-corrected chi connectivity index (χ4v) is 5.91. The molecule has 11 heteroatoms. The van der Waals surface area contributed by atoms with E-state index in [1.807, 2.05) is 39.1 Å². The summed E-state index contributed by atoms with van der Waals surface area (Å²) in [6.07, 6.45) is 4.38. The quantitative estimate of drug-likeness (QED) is 0.286. The van der Waals surface area contributed by atoms with E-state index in [0.717, 1.165) is 35.3 Å². The number of nitrogens with one attached hydrogen (secondary N) is 1. The van der Waals surface area contributed by atoms with E-state index in [4.69, 9.17) is 0 Å². The molecule has 1 aliphatic rings. The number of halogens is 1. The number of hydrogen-bond donors (Lipinski definition) is 2. The number of aryl methyl sites for hydroxylation is 1. The molecule has 0 aliphatic carbocycles. The second-order valence-electron chi connectivity index (χ2n) is 12.7. The van der Waals surface area contributed by atoms with E-state index >= 15 is 4.39 Å². The predicted molar refractivity (Wildman–Crippen MR) is 173 cm³/mol. The second kappa shape index (κ2) is 11.6. The number of aliphatic hydroxyl groups is 1. The first kappa shape index (κ1) is 30.3. The van der Waals surface area contributed by atoms with E-state index < -0.39 is 18.0 Å². The SMILES string of the molecule is CN1CC[C@@H](c2ccc(Nc3cc(-c4cccc(-n5ncc6cc(C(C)(C)C)cc(F)c6c5=O)c4CO)nn(C)c3=O)nc2)C1. The number of likely N-dealkylation sites (N-methyl/N-ethyl adjacent to an activating group) is 1. The van der Waals surface area contributed by atoms with Crippen molar-refractivity contribution in [1.82, 2.24) is 29.4 Å². The minimum absolute atomic E-state index is 0.0857. The van der Waals surface area contributed by atoms with Crippen molar-refractivity contribution in [2.75, 3.05) is 25.5 Å². The minimum Gasteiger partial charge on any atom is -0.392 e. The molecule has 4 heterocycles. The highest BCUT2D eigenvalue weighted by Crippen LogP contribution is 2.31. The van der Waals surface area contributed by atoms with Crippen molar-refractivity contribution < 1.29 is 9.50 Å². The number of aromatic nitrogens is 5. The van der Waals surface area contributed by atoms with Gasteiger partial charge >= 0.3 is 0 Å². The Balaban J connectivity index is 1.38. The molecule has 0 saturated carbocycles. The molecule has 1 fully saturated rings. The zero-order valence-corrected chi connectivity index (χ0v) is 26.0. The van der Waals surface area contributed by atoms with Crippen LogP contribution < -0.4 is 16.4 Å². The van der Waals surface area contributed by atoms with Gasteiger partial charge in [-0.1, -0.05) is 39.0 Å². The number of benzene rings is 2. The first-order valence-corrected chi connectivity index (χ1v) is 14.9. The number of likely N-dealkylation sites (tertiary alicyclic amines) is 1. The Hall–Kier alpha value is -4.74. The molecule has 1 saturated heterocycles. The summed E-state index contributed by atoms with van der Waals surface area (Å²) in [6, 6.07) is 13.7. The highest BCUT2D eigenvalue weighted by molar-refractivity contribution is 5.83. The van der Waals surface area contributed by atoms with Gasteiger partial charge in [-0.2, -0.15) is 14.9 Å². The van der Waals surface area contributed by atoms with Crippen LogP contribution in [0.1, 0.15) is 49.8 Å².